The number of nitrogens with two attached hydrogens (primary N) is 1. The Morgan fingerprint density at radius 2 is 1.86 bits per heavy atom. The zero-order valence-corrected chi connectivity index (χ0v) is 26.1. The van der Waals surface area contributed by atoms with E-state index in [0.717, 1.165) is 41.8 Å². The highest BCUT2D eigenvalue weighted by atomic mass is 32.2. The maximum atomic E-state index is 13.6. The van der Waals surface area contributed by atoms with Crippen molar-refractivity contribution in [2.45, 2.75) is 24.6 Å². The molecule has 0 spiro atoms. The molecule has 1 aliphatic carbocycles. The molecule has 0 radical (unpaired) electrons. The van der Waals surface area contributed by atoms with Crippen LogP contribution in [0.1, 0.15) is 45.2 Å². The summed E-state index contributed by atoms with van der Waals surface area (Å²) in [4.78, 5) is 21.9. The molecule has 3 N–H and O–H groups in total. The fraction of sp³-hybridized carbons (Fsp3) is 0.393. The highest BCUT2D eigenvalue weighted by Gasteiger charge is 2.40. The van der Waals surface area contributed by atoms with Gasteiger partial charge in [0.25, 0.3) is 5.91 Å². The van der Waals surface area contributed by atoms with Crippen LogP contribution in [-0.4, -0.2) is 88.4 Å². The van der Waals surface area contributed by atoms with Crippen LogP contribution >= 0.6 is 11.3 Å². The molecule has 0 bridgehead atoms. The molecular formula is C28H33N7O5S3. The van der Waals surface area contributed by atoms with Crippen molar-refractivity contribution >= 4 is 53.1 Å². The summed E-state index contributed by atoms with van der Waals surface area (Å²) < 4.78 is 48.0. The lowest BCUT2D eigenvalue weighted by Crippen LogP contribution is -2.47. The smallest absolute Gasteiger partial charge is 0.253 e. The van der Waals surface area contributed by atoms with Crippen molar-refractivity contribution in [3.63, 3.8) is 0 Å². The molecule has 4 aromatic rings. The van der Waals surface area contributed by atoms with Crippen molar-refractivity contribution in [1.82, 2.24) is 29.7 Å². The van der Waals surface area contributed by atoms with Crippen molar-refractivity contribution < 1.29 is 21.8 Å². The number of aromatic nitrogens is 3. The second kappa shape index (κ2) is 11.7. The Morgan fingerprint density at radius 3 is 2.58 bits per heavy atom. The average Bonchev–Trinajstić information content (AvgIpc) is 3.47. The number of piperazine rings is 1. The van der Waals surface area contributed by atoms with Crippen LogP contribution in [0.5, 0.6) is 0 Å². The molecule has 2 fully saturated rings. The molecule has 2 aliphatic rings. The fourth-order valence-electron chi connectivity index (χ4n) is 5.01. The number of thiazole rings is 1. The average molecular weight is 644 g/mol. The van der Waals surface area contributed by atoms with E-state index in [4.69, 9.17) is 9.56 Å². The van der Waals surface area contributed by atoms with Crippen LogP contribution < -0.4 is 9.86 Å². The number of hydrogen-bond donors (Lipinski definition) is 2. The standard InChI is InChI=1S/C28H33N7O5S3/c1-34-10-12-35(13-11-34)28(36)21-5-3-4-19(14-21)20-8-9-22-23(15-20)41-27(31-22)25(43(38,39)17-18-6-7-18)26-33-32-24(40-26)16-30-42(2,29)37/h3-5,8-9,14-15,18,25H,2,6-7,10-13,16-17H2,1H3,(H3,29,30,37). The van der Waals surface area contributed by atoms with Gasteiger partial charge in [-0.25, -0.2) is 27.5 Å². The Bertz CT molecular complexity index is 1870. The molecule has 6 rings (SSSR count). The number of benzene rings is 2. The van der Waals surface area contributed by atoms with E-state index in [9.17, 15) is 17.4 Å². The van der Waals surface area contributed by atoms with E-state index in [2.05, 4.69) is 37.7 Å². The van der Waals surface area contributed by atoms with Gasteiger partial charge in [0.05, 0.1) is 32.4 Å². The number of sulfone groups is 1. The molecule has 12 nitrogen and oxygen atoms in total. The van der Waals surface area contributed by atoms with Gasteiger partial charge in [0, 0.05) is 31.7 Å². The molecule has 2 unspecified atom stereocenters. The van der Waals surface area contributed by atoms with Gasteiger partial charge in [-0.2, -0.15) is 0 Å². The van der Waals surface area contributed by atoms with Crippen LogP contribution in [0.15, 0.2) is 46.9 Å². The molecule has 1 saturated heterocycles. The van der Waals surface area contributed by atoms with E-state index in [1.807, 2.05) is 47.4 Å². The number of carbonyl (C=O) groups excluding carboxylic acids is 1. The first-order chi connectivity index (χ1) is 20.4. The van der Waals surface area contributed by atoms with Gasteiger partial charge in [-0.15, -0.1) is 21.5 Å². The molecule has 43 heavy (non-hydrogen) atoms. The Hall–Kier alpha value is -3.21. The lowest BCUT2D eigenvalue weighted by molar-refractivity contribution is 0.0664. The molecule has 15 heteroatoms. The maximum absolute atomic E-state index is 13.6. The number of hydrogen-bond acceptors (Lipinski definition) is 10. The first-order valence-corrected chi connectivity index (χ1v) is 18.2. The number of amides is 1. The minimum Gasteiger partial charge on any atom is -0.422 e. The first-order valence-electron chi connectivity index (χ1n) is 13.9. The van der Waals surface area contributed by atoms with Gasteiger partial charge in [0.2, 0.25) is 11.8 Å². The minimum absolute atomic E-state index is 0.00156. The van der Waals surface area contributed by atoms with E-state index < -0.39 is 25.0 Å². The van der Waals surface area contributed by atoms with Gasteiger partial charge in [-0.1, -0.05) is 18.2 Å². The fourth-order valence-corrected chi connectivity index (χ4v) is 8.89. The van der Waals surface area contributed by atoms with Crippen LogP contribution in [0.25, 0.3) is 21.3 Å². The second-order valence-electron chi connectivity index (χ2n) is 11.1. The quantitative estimate of drug-likeness (QED) is 0.247. The van der Waals surface area contributed by atoms with Crippen molar-refractivity contribution in [2.24, 2.45) is 11.1 Å². The SMILES string of the molecule is C=S(N)(=O)NCc1nnc(C(c2nc3ccc(-c4cccc(C(=O)N5CCN(C)CC5)c4)cc3s2)S(=O)(=O)CC2CC2)o1. The Kier molecular flexibility index (Phi) is 8.12. The molecule has 1 aliphatic heterocycles. The summed E-state index contributed by atoms with van der Waals surface area (Å²) in [5, 5.41) is 12.5. The van der Waals surface area contributed by atoms with Gasteiger partial charge in [-0.05, 0) is 67.1 Å². The molecule has 2 atom stereocenters. The second-order valence-corrected chi connectivity index (χ2v) is 16.1. The Balaban J connectivity index is 1.30. The van der Waals surface area contributed by atoms with Crippen LogP contribution in [0.3, 0.4) is 0 Å². The zero-order chi connectivity index (χ0) is 30.4. The lowest BCUT2D eigenvalue weighted by Gasteiger charge is -2.32. The number of fused-ring (bicyclic) bond motifs is 1. The van der Waals surface area contributed by atoms with Crippen LogP contribution in [0.4, 0.5) is 0 Å². The summed E-state index contributed by atoms with van der Waals surface area (Å²) in [6.07, 6.45) is 1.72. The molecule has 1 saturated carbocycles. The largest absolute Gasteiger partial charge is 0.422 e. The summed E-state index contributed by atoms with van der Waals surface area (Å²) in [6, 6.07) is 13.3. The van der Waals surface area contributed by atoms with E-state index in [1.54, 1.807) is 0 Å². The van der Waals surface area contributed by atoms with Crippen LogP contribution in [0.2, 0.25) is 0 Å². The van der Waals surface area contributed by atoms with Gasteiger partial charge in [0.15, 0.2) is 15.1 Å². The molecule has 2 aromatic carbocycles. The molecule has 1 amide bonds. The predicted molar refractivity (Wildman–Crippen MR) is 167 cm³/mol. The first kappa shape index (κ1) is 29.8. The van der Waals surface area contributed by atoms with E-state index in [1.165, 1.54) is 11.3 Å². The zero-order valence-electron chi connectivity index (χ0n) is 23.6. The molecular weight excluding hydrogens is 611 g/mol. The number of nitrogens with one attached hydrogen (secondary N) is 1. The number of nitrogens with zero attached hydrogens (tertiary/aromatic N) is 5. The summed E-state index contributed by atoms with van der Waals surface area (Å²) in [5.41, 5.74) is 3.04. The highest BCUT2D eigenvalue weighted by Crippen LogP contribution is 2.40. The van der Waals surface area contributed by atoms with Crippen LogP contribution in [-0.2, 0) is 26.3 Å². The molecule has 3 heterocycles. The number of carbonyl (C=O) groups is 1. The minimum atomic E-state index is -3.74. The van der Waals surface area contributed by atoms with Gasteiger partial charge >= 0.3 is 0 Å². The third-order valence-electron chi connectivity index (χ3n) is 7.56. The number of rotatable bonds is 10. The summed E-state index contributed by atoms with van der Waals surface area (Å²) >= 11 is 1.25. The lowest BCUT2D eigenvalue weighted by atomic mass is 10.0. The third kappa shape index (κ3) is 6.97. The molecule has 2 aromatic heterocycles. The normalized spacial score (nSPS) is 18.5. The van der Waals surface area contributed by atoms with E-state index in [0.29, 0.717) is 29.2 Å². The van der Waals surface area contributed by atoms with E-state index >= 15 is 0 Å². The van der Waals surface area contributed by atoms with Crippen LogP contribution in [0, 0.1) is 5.92 Å². The maximum Gasteiger partial charge on any atom is 0.253 e. The van der Waals surface area contributed by atoms with Crippen molar-refractivity contribution in [3.05, 3.63) is 64.8 Å². The summed E-state index contributed by atoms with van der Waals surface area (Å²) in [5.74, 6) is 3.38. The summed E-state index contributed by atoms with van der Waals surface area (Å²) in [7, 11) is -4.70. The van der Waals surface area contributed by atoms with Crippen molar-refractivity contribution in [1.29, 1.82) is 0 Å². The van der Waals surface area contributed by atoms with Crippen molar-refractivity contribution in [2.75, 3.05) is 39.0 Å². The topological polar surface area (TPSA) is 165 Å². The highest BCUT2D eigenvalue weighted by molar-refractivity contribution is 7.96. The predicted octanol–water partition coefficient (Wildman–Crippen LogP) is 2.24. The van der Waals surface area contributed by atoms with E-state index in [-0.39, 0.29) is 35.9 Å². The monoisotopic (exact) mass is 643 g/mol. The number of likely N-dealkylation sites (N-methyl/N-ethyl adjacent to an activating group) is 1. The molecule has 228 valence electrons. The Morgan fingerprint density at radius 1 is 1.12 bits per heavy atom. The summed E-state index contributed by atoms with van der Waals surface area (Å²) in [6.45, 7) is 2.96. The Labute approximate surface area is 254 Å². The van der Waals surface area contributed by atoms with Gasteiger partial charge < -0.3 is 14.2 Å². The van der Waals surface area contributed by atoms with Gasteiger partial charge in [-0.3, -0.25) is 4.79 Å². The van der Waals surface area contributed by atoms with Crippen molar-refractivity contribution in [3.8, 4) is 11.1 Å². The third-order valence-corrected chi connectivity index (χ3v) is 11.5. The van der Waals surface area contributed by atoms with Gasteiger partial charge in [0.1, 0.15) is 5.01 Å².